The van der Waals surface area contributed by atoms with Crippen LogP contribution in [0, 0.1) is 11.8 Å². The molecule has 33 heavy (non-hydrogen) atoms. The van der Waals surface area contributed by atoms with Crippen molar-refractivity contribution in [3.8, 4) is 5.75 Å². The third-order valence-electron chi connectivity index (χ3n) is 7.07. The largest absolute Gasteiger partial charge is 0.491 e. The molecule has 0 amide bonds. The fourth-order valence-corrected chi connectivity index (χ4v) is 5.46. The van der Waals surface area contributed by atoms with E-state index in [1.54, 1.807) is 0 Å². The van der Waals surface area contributed by atoms with Gasteiger partial charge in [0.05, 0.1) is 23.9 Å². The van der Waals surface area contributed by atoms with Gasteiger partial charge in [0.2, 0.25) is 0 Å². The molecule has 0 aromatic heterocycles. The highest BCUT2D eigenvalue weighted by atomic mass is 28.4. The van der Waals surface area contributed by atoms with E-state index in [0.717, 1.165) is 12.1 Å². The van der Waals surface area contributed by atoms with Crippen molar-refractivity contribution in [3.63, 3.8) is 0 Å². The van der Waals surface area contributed by atoms with Gasteiger partial charge in [-0.3, -0.25) is 0 Å². The summed E-state index contributed by atoms with van der Waals surface area (Å²) in [6.45, 7) is 10.6. The maximum Gasteiger partial charge on any atom is 0.416 e. The predicted molar refractivity (Wildman–Crippen MR) is 121 cm³/mol. The predicted octanol–water partition coefficient (Wildman–Crippen LogP) is 5.14. The summed E-state index contributed by atoms with van der Waals surface area (Å²) in [6, 6.07) is 4.80. The number of alkyl halides is 3. The standard InChI is InChI=1S/C24H35F3O5Si/c1-23(2,3)33(4,5)32-17(14-30-16-8-6-7-15(11-16)24(25,26)27)9-10-18-19-12-22(29)31-21(19)13-20(18)28/h6-11,17-22,28-29H,12-14H2,1-5H3/b10-9+/t17-,18-,19-,20-,21+,22?/m1/s1. The Morgan fingerprint density at radius 2 is 1.88 bits per heavy atom. The summed E-state index contributed by atoms with van der Waals surface area (Å²) in [5.74, 6) is -0.0503. The van der Waals surface area contributed by atoms with Gasteiger partial charge < -0.3 is 24.1 Å². The van der Waals surface area contributed by atoms with Crippen molar-refractivity contribution in [2.24, 2.45) is 11.8 Å². The van der Waals surface area contributed by atoms with Crippen LogP contribution in [-0.2, 0) is 15.3 Å². The van der Waals surface area contributed by atoms with Gasteiger partial charge in [0.25, 0.3) is 0 Å². The zero-order valence-corrected chi connectivity index (χ0v) is 20.8. The van der Waals surface area contributed by atoms with Crippen LogP contribution in [0.1, 0.15) is 39.2 Å². The molecular weight excluding hydrogens is 453 g/mol. The van der Waals surface area contributed by atoms with Gasteiger partial charge in [-0.1, -0.05) is 39.0 Å². The molecule has 1 aromatic rings. The van der Waals surface area contributed by atoms with Gasteiger partial charge in [0.15, 0.2) is 14.6 Å². The Morgan fingerprint density at radius 1 is 1.18 bits per heavy atom. The van der Waals surface area contributed by atoms with Crippen LogP contribution in [0.25, 0.3) is 0 Å². The molecule has 9 heteroatoms. The molecular formula is C24H35F3O5Si. The van der Waals surface area contributed by atoms with Crippen LogP contribution in [0.2, 0.25) is 18.1 Å². The van der Waals surface area contributed by atoms with Crippen molar-refractivity contribution >= 4 is 8.32 Å². The molecule has 1 heterocycles. The number of halogens is 3. The molecule has 0 bridgehead atoms. The highest BCUT2D eigenvalue weighted by Gasteiger charge is 2.48. The molecule has 1 saturated carbocycles. The van der Waals surface area contributed by atoms with Crippen LogP contribution in [0.15, 0.2) is 36.4 Å². The van der Waals surface area contributed by atoms with Gasteiger partial charge in [0.1, 0.15) is 12.4 Å². The number of fused-ring (bicyclic) bond motifs is 1. The average molecular weight is 489 g/mol. The van der Waals surface area contributed by atoms with E-state index in [-0.39, 0.29) is 35.3 Å². The minimum absolute atomic E-state index is 0.0177. The molecule has 1 saturated heterocycles. The van der Waals surface area contributed by atoms with Gasteiger partial charge in [-0.2, -0.15) is 13.2 Å². The lowest BCUT2D eigenvalue weighted by Gasteiger charge is -2.38. The smallest absolute Gasteiger partial charge is 0.416 e. The first kappa shape index (κ1) is 26.2. The van der Waals surface area contributed by atoms with Crippen molar-refractivity contribution in [2.75, 3.05) is 6.61 Å². The van der Waals surface area contributed by atoms with Gasteiger partial charge in [0, 0.05) is 18.8 Å². The van der Waals surface area contributed by atoms with Crippen molar-refractivity contribution in [1.29, 1.82) is 0 Å². The summed E-state index contributed by atoms with van der Waals surface area (Å²) in [6.07, 6.45) is -1.85. The number of rotatable bonds is 7. The molecule has 1 unspecified atom stereocenters. The first-order valence-electron chi connectivity index (χ1n) is 11.3. The lowest BCUT2D eigenvalue weighted by atomic mass is 9.91. The Labute approximate surface area is 194 Å². The molecule has 5 nitrogen and oxygen atoms in total. The van der Waals surface area contributed by atoms with E-state index in [1.165, 1.54) is 12.1 Å². The zero-order chi connectivity index (χ0) is 24.6. The van der Waals surface area contributed by atoms with E-state index in [4.69, 9.17) is 13.9 Å². The maximum absolute atomic E-state index is 13.0. The van der Waals surface area contributed by atoms with E-state index in [1.807, 2.05) is 12.2 Å². The third-order valence-corrected chi connectivity index (χ3v) is 11.6. The van der Waals surface area contributed by atoms with E-state index >= 15 is 0 Å². The molecule has 2 fully saturated rings. The minimum atomic E-state index is -4.45. The Balaban J connectivity index is 1.76. The zero-order valence-electron chi connectivity index (χ0n) is 19.8. The number of hydrogen-bond donors (Lipinski definition) is 2. The first-order valence-corrected chi connectivity index (χ1v) is 14.3. The third kappa shape index (κ3) is 6.39. The fourth-order valence-electron chi connectivity index (χ4n) is 4.21. The molecule has 1 aromatic carbocycles. The van der Waals surface area contributed by atoms with E-state index in [2.05, 4.69) is 33.9 Å². The first-order chi connectivity index (χ1) is 15.2. The minimum Gasteiger partial charge on any atom is -0.491 e. The molecule has 6 atom stereocenters. The summed E-state index contributed by atoms with van der Waals surface area (Å²) in [7, 11) is -2.22. The average Bonchev–Trinajstić information content (AvgIpc) is 3.17. The Kier molecular flexibility index (Phi) is 7.70. The van der Waals surface area contributed by atoms with E-state index in [0.29, 0.717) is 12.8 Å². The van der Waals surface area contributed by atoms with Gasteiger partial charge in [-0.25, -0.2) is 0 Å². The molecule has 2 N–H and O–H groups in total. The second kappa shape index (κ2) is 9.69. The number of aliphatic hydroxyl groups is 2. The summed E-state index contributed by atoms with van der Waals surface area (Å²) in [5, 5.41) is 20.2. The molecule has 3 rings (SSSR count). The van der Waals surface area contributed by atoms with Crippen molar-refractivity contribution in [1.82, 2.24) is 0 Å². The highest BCUT2D eigenvalue weighted by Crippen LogP contribution is 2.44. The fraction of sp³-hybridized carbons (Fsp3) is 0.667. The topological polar surface area (TPSA) is 68.2 Å². The van der Waals surface area contributed by atoms with Crippen LogP contribution in [-0.4, -0.2) is 49.7 Å². The number of ether oxygens (including phenoxy) is 2. The number of aliphatic hydroxyl groups excluding tert-OH is 2. The molecule has 0 radical (unpaired) electrons. The van der Waals surface area contributed by atoms with Gasteiger partial charge in [-0.05, 0) is 42.2 Å². The molecule has 1 aliphatic heterocycles. The van der Waals surface area contributed by atoms with Crippen LogP contribution >= 0.6 is 0 Å². The van der Waals surface area contributed by atoms with Gasteiger partial charge >= 0.3 is 6.18 Å². The summed E-state index contributed by atoms with van der Waals surface area (Å²) < 4.78 is 56.8. The maximum atomic E-state index is 13.0. The Morgan fingerprint density at radius 3 is 2.52 bits per heavy atom. The monoisotopic (exact) mass is 488 g/mol. The number of benzene rings is 1. The quantitative estimate of drug-likeness (QED) is 0.411. The second-order valence-electron chi connectivity index (χ2n) is 10.5. The van der Waals surface area contributed by atoms with E-state index < -0.39 is 38.6 Å². The Hall–Kier alpha value is -1.39. The van der Waals surface area contributed by atoms with Crippen molar-refractivity contribution < 1.29 is 37.3 Å². The van der Waals surface area contributed by atoms with Crippen LogP contribution < -0.4 is 4.74 Å². The normalized spacial score (nSPS) is 29.5. The molecule has 0 spiro atoms. The van der Waals surface area contributed by atoms with Gasteiger partial charge in [-0.15, -0.1) is 0 Å². The SMILES string of the molecule is CC(C)(C)[Si](C)(C)O[C@H](/C=C/[C@@H]1[C@H]2CC(O)O[C@H]2C[C@H]1O)COc1cccc(C(F)(F)F)c1. The van der Waals surface area contributed by atoms with Crippen LogP contribution in [0.4, 0.5) is 13.2 Å². The second-order valence-corrected chi connectivity index (χ2v) is 15.3. The summed E-state index contributed by atoms with van der Waals surface area (Å²) in [4.78, 5) is 0. The van der Waals surface area contributed by atoms with E-state index in [9.17, 15) is 23.4 Å². The molecule has 2 aliphatic rings. The lowest BCUT2D eigenvalue weighted by molar-refractivity contribution is -0.137. The summed E-state index contributed by atoms with van der Waals surface area (Å²) in [5.41, 5.74) is -0.766. The van der Waals surface area contributed by atoms with Crippen molar-refractivity contribution in [3.05, 3.63) is 42.0 Å². The number of hydrogen-bond acceptors (Lipinski definition) is 5. The van der Waals surface area contributed by atoms with Crippen LogP contribution in [0.3, 0.4) is 0 Å². The lowest BCUT2D eigenvalue weighted by Crippen LogP contribution is -2.45. The molecule has 1 aliphatic carbocycles. The highest BCUT2D eigenvalue weighted by molar-refractivity contribution is 6.74. The van der Waals surface area contributed by atoms with Crippen molar-refractivity contribution in [2.45, 2.75) is 82.5 Å². The summed E-state index contributed by atoms with van der Waals surface area (Å²) >= 11 is 0. The van der Waals surface area contributed by atoms with Crippen LogP contribution in [0.5, 0.6) is 5.75 Å². The Bertz CT molecular complexity index is 836. The molecule has 186 valence electrons.